The summed E-state index contributed by atoms with van der Waals surface area (Å²) >= 11 is 23.4. The molecule has 0 aliphatic heterocycles. The lowest BCUT2D eigenvalue weighted by Gasteiger charge is -2.10. The number of aryl methyl sites for hydroxylation is 1. The van der Waals surface area contributed by atoms with Gasteiger partial charge in [0.15, 0.2) is 10.9 Å². The molecule has 11 heteroatoms. The minimum Gasteiger partial charge on any atom is -0.355 e. The monoisotopic (exact) mass is 468 g/mol. The maximum Gasteiger partial charge on any atom is 0.206 e. The van der Waals surface area contributed by atoms with Crippen LogP contribution in [0.25, 0.3) is 11.4 Å². The number of Topliss-reactive ketones (excluding diaryl/α,β-unsaturated/α-hetero) is 1. The Morgan fingerprint density at radius 2 is 1.97 bits per heavy atom. The Labute approximate surface area is 187 Å². The zero-order valence-electron chi connectivity index (χ0n) is 15.1. The summed E-state index contributed by atoms with van der Waals surface area (Å²) in [5.41, 5.74) is 2.23. The zero-order valence-corrected chi connectivity index (χ0v) is 18.2. The molecule has 0 unspecified atom stereocenters. The Hall–Kier alpha value is -2.26. The van der Waals surface area contributed by atoms with E-state index in [2.05, 4.69) is 26.0 Å². The van der Waals surface area contributed by atoms with Gasteiger partial charge in [-0.3, -0.25) is 4.79 Å². The molecular weight excluding hydrogens is 455 g/mol. The van der Waals surface area contributed by atoms with Gasteiger partial charge in [-0.2, -0.15) is 4.80 Å². The Morgan fingerprint density at radius 1 is 1.17 bits per heavy atom. The van der Waals surface area contributed by atoms with Crippen molar-refractivity contribution >= 4 is 63.6 Å². The molecule has 0 amide bonds. The Bertz CT molecular complexity index is 1070. The highest BCUT2D eigenvalue weighted by Crippen LogP contribution is 2.31. The van der Waals surface area contributed by atoms with Crippen molar-refractivity contribution in [2.75, 3.05) is 11.9 Å². The lowest BCUT2D eigenvalue weighted by Crippen LogP contribution is -2.34. The summed E-state index contributed by atoms with van der Waals surface area (Å²) < 4.78 is 0. The smallest absolute Gasteiger partial charge is 0.206 e. The second-order valence-corrected chi connectivity index (χ2v) is 7.66. The lowest BCUT2D eigenvalue weighted by atomic mass is 10.2. The minimum atomic E-state index is -0.183. The van der Waals surface area contributed by atoms with E-state index in [9.17, 15) is 4.79 Å². The maximum absolute atomic E-state index is 12.2. The van der Waals surface area contributed by atoms with Crippen LogP contribution in [0.5, 0.6) is 0 Å². The first kappa shape index (κ1) is 21.4. The van der Waals surface area contributed by atoms with Crippen molar-refractivity contribution in [1.29, 1.82) is 0 Å². The summed E-state index contributed by atoms with van der Waals surface area (Å²) in [5.74, 6) is 0.101. The van der Waals surface area contributed by atoms with E-state index in [1.807, 2.05) is 19.1 Å². The van der Waals surface area contributed by atoms with E-state index in [4.69, 9.17) is 47.0 Å². The van der Waals surface area contributed by atoms with Crippen LogP contribution in [0.1, 0.15) is 5.56 Å². The van der Waals surface area contributed by atoms with Gasteiger partial charge in [0.2, 0.25) is 5.82 Å². The third-order valence-corrected chi connectivity index (χ3v) is 5.31. The fourth-order valence-electron chi connectivity index (χ4n) is 2.33. The predicted octanol–water partition coefficient (Wildman–Crippen LogP) is 4.16. The Morgan fingerprint density at radius 3 is 2.72 bits per heavy atom. The summed E-state index contributed by atoms with van der Waals surface area (Å²) in [7, 11) is 0. The van der Waals surface area contributed by atoms with Crippen LogP contribution in [-0.4, -0.2) is 37.6 Å². The molecule has 2 N–H and O–H groups in total. The third-order valence-electron chi connectivity index (χ3n) is 3.84. The summed E-state index contributed by atoms with van der Waals surface area (Å²) in [6.45, 7) is 1.84. The number of thiocarbonyl (C=S) groups is 1. The van der Waals surface area contributed by atoms with Gasteiger partial charge < -0.3 is 10.6 Å². The molecule has 2 aromatic carbocycles. The number of carbonyl (C=O) groups excluding carboxylic acids is 1. The topological polar surface area (TPSA) is 84.7 Å². The van der Waals surface area contributed by atoms with Crippen LogP contribution in [0, 0.1) is 6.92 Å². The summed E-state index contributed by atoms with van der Waals surface area (Å²) in [5, 5.41) is 19.4. The fourth-order valence-corrected chi connectivity index (χ4v) is 3.09. The van der Waals surface area contributed by atoms with Gasteiger partial charge in [0.25, 0.3) is 0 Å². The van der Waals surface area contributed by atoms with Crippen molar-refractivity contribution in [2.24, 2.45) is 0 Å². The SMILES string of the molecule is Cc1ccc(NC(=S)NCC(=O)Cn2nnc(-c3cccc(Cl)c3Cl)n2)cc1Cl. The molecule has 3 aromatic rings. The number of hydrogen-bond donors (Lipinski definition) is 2. The number of ketones is 1. The van der Waals surface area contributed by atoms with Crippen LogP contribution < -0.4 is 10.6 Å². The molecule has 1 heterocycles. The van der Waals surface area contributed by atoms with Crippen molar-refractivity contribution in [2.45, 2.75) is 13.5 Å². The van der Waals surface area contributed by atoms with Crippen LogP contribution in [-0.2, 0) is 11.3 Å². The second kappa shape index (κ2) is 9.49. The van der Waals surface area contributed by atoms with E-state index in [0.717, 1.165) is 11.3 Å². The first-order chi connectivity index (χ1) is 13.8. The quantitative estimate of drug-likeness (QED) is 0.524. The van der Waals surface area contributed by atoms with Gasteiger partial charge in [-0.25, -0.2) is 0 Å². The highest BCUT2D eigenvalue weighted by molar-refractivity contribution is 7.80. The van der Waals surface area contributed by atoms with Crippen LogP contribution in [0.3, 0.4) is 0 Å². The van der Waals surface area contributed by atoms with Crippen molar-refractivity contribution in [3.05, 3.63) is 57.0 Å². The Kier molecular flexibility index (Phi) is 7.02. The highest BCUT2D eigenvalue weighted by Gasteiger charge is 2.14. The number of hydrogen-bond acceptors (Lipinski definition) is 5. The molecule has 0 bridgehead atoms. The molecule has 0 radical (unpaired) electrons. The first-order valence-electron chi connectivity index (χ1n) is 8.38. The lowest BCUT2D eigenvalue weighted by molar-refractivity contribution is -0.118. The normalized spacial score (nSPS) is 10.6. The van der Waals surface area contributed by atoms with Gasteiger partial charge in [-0.05, 0) is 54.2 Å². The fraction of sp³-hybridized carbons (Fsp3) is 0.167. The molecular formula is C18H15Cl3N6OS. The third kappa shape index (κ3) is 5.63. The molecule has 0 spiro atoms. The first-order valence-corrected chi connectivity index (χ1v) is 9.92. The molecule has 0 saturated heterocycles. The Balaban J connectivity index is 1.53. The molecule has 0 aliphatic carbocycles. The number of carbonyl (C=O) groups is 1. The second-order valence-electron chi connectivity index (χ2n) is 6.06. The van der Waals surface area contributed by atoms with Gasteiger partial charge in [0, 0.05) is 16.3 Å². The minimum absolute atomic E-state index is 0.000220. The number of nitrogens with one attached hydrogen (secondary N) is 2. The molecule has 0 aliphatic rings. The predicted molar refractivity (Wildman–Crippen MR) is 119 cm³/mol. The molecule has 0 saturated carbocycles. The molecule has 1 aromatic heterocycles. The molecule has 7 nitrogen and oxygen atoms in total. The summed E-state index contributed by atoms with van der Waals surface area (Å²) in [4.78, 5) is 13.4. The van der Waals surface area contributed by atoms with Gasteiger partial charge in [-0.15, -0.1) is 10.2 Å². The maximum atomic E-state index is 12.2. The van der Waals surface area contributed by atoms with Crippen molar-refractivity contribution in [1.82, 2.24) is 25.5 Å². The van der Waals surface area contributed by atoms with E-state index in [1.165, 1.54) is 4.80 Å². The number of tetrazole rings is 1. The molecule has 29 heavy (non-hydrogen) atoms. The van der Waals surface area contributed by atoms with Crippen LogP contribution >= 0.6 is 47.0 Å². The molecule has 0 atom stereocenters. The van der Waals surface area contributed by atoms with Gasteiger partial charge >= 0.3 is 0 Å². The molecule has 150 valence electrons. The number of rotatable bonds is 6. The number of aromatic nitrogens is 4. The van der Waals surface area contributed by atoms with Crippen LogP contribution in [0.4, 0.5) is 5.69 Å². The molecule has 3 rings (SSSR count). The molecule has 0 fully saturated rings. The largest absolute Gasteiger partial charge is 0.355 e. The number of halogens is 3. The van der Waals surface area contributed by atoms with Crippen molar-refractivity contribution in [3.63, 3.8) is 0 Å². The van der Waals surface area contributed by atoms with Crippen LogP contribution in [0.15, 0.2) is 36.4 Å². The van der Waals surface area contributed by atoms with Crippen molar-refractivity contribution in [3.8, 4) is 11.4 Å². The van der Waals surface area contributed by atoms with Crippen LogP contribution in [0.2, 0.25) is 15.1 Å². The highest BCUT2D eigenvalue weighted by atomic mass is 35.5. The summed E-state index contributed by atoms with van der Waals surface area (Å²) in [6.07, 6.45) is 0. The van der Waals surface area contributed by atoms with Gasteiger partial charge in [0.1, 0.15) is 6.54 Å². The summed E-state index contributed by atoms with van der Waals surface area (Å²) in [6, 6.07) is 10.6. The standard InChI is InChI=1S/C18H15Cl3N6OS/c1-10-5-6-11(7-15(10)20)23-18(29)22-8-12(28)9-27-25-17(24-26-27)13-3-2-4-14(19)16(13)21/h2-7H,8-9H2,1H3,(H2,22,23,29). The van der Waals surface area contributed by atoms with Gasteiger partial charge in [0.05, 0.1) is 16.6 Å². The van der Waals surface area contributed by atoms with Crippen molar-refractivity contribution < 1.29 is 4.79 Å². The average Bonchev–Trinajstić information content (AvgIpc) is 3.13. The average molecular weight is 470 g/mol. The van der Waals surface area contributed by atoms with E-state index in [-0.39, 0.29) is 24.7 Å². The van der Waals surface area contributed by atoms with E-state index >= 15 is 0 Å². The van der Waals surface area contributed by atoms with Gasteiger partial charge in [-0.1, -0.05) is 46.9 Å². The number of benzene rings is 2. The zero-order chi connectivity index (χ0) is 21.0. The van der Waals surface area contributed by atoms with E-state index in [1.54, 1.807) is 24.3 Å². The van der Waals surface area contributed by atoms with E-state index in [0.29, 0.717) is 25.7 Å². The van der Waals surface area contributed by atoms with E-state index < -0.39 is 0 Å². The number of anilines is 1. The number of nitrogens with zero attached hydrogens (tertiary/aromatic N) is 4.